The standard InChI is InChI=1S/C15H17N3O4S/c1-17(2)13-6-7-15(23(16,21)22)12(10-13)8-11-4-3-5-14(9-11)18(19)20/h3-7,9-10H,8H2,1-2H3,(H2,16,21,22). The third-order valence-corrected chi connectivity index (χ3v) is 4.39. The van der Waals surface area contributed by atoms with Crippen LogP contribution in [0.5, 0.6) is 0 Å². The average molecular weight is 335 g/mol. The van der Waals surface area contributed by atoms with Crippen LogP contribution in [0.1, 0.15) is 11.1 Å². The van der Waals surface area contributed by atoms with E-state index in [9.17, 15) is 18.5 Å². The van der Waals surface area contributed by atoms with Crippen molar-refractivity contribution in [3.63, 3.8) is 0 Å². The van der Waals surface area contributed by atoms with Gasteiger partial charge in [-0.3, -0.25) is 10.1 Å². The van der Waals surface area contributed by atoms with Gasteiger partial charge in [-0.1, -0.05) is 12.1 Å². The lowest BCUT2D eigenvalue weighted by Crippen LogP contribution is -2.16. The number of nitrogens with two attached hydrogens (primary N) is 1. The molecule has 0 heterocycles. The molecule has 0 amide bonds. The molecule has 7 nitrogen and oxygen atoms in total. The third kappa shape index (κ3) is 4.05. The quantitative estimate of drug-likeness (QED) is 0.663. The minimum absolute atomic E-state index is 0.0228. The van der Waals surface area contributed by atoms with Crippen molar-refractivity contribution in [1.82, 2.24) is 0 Å². The van der Waals surface area contributed by atoms with Crippen LogP contribution in [0, 0.1) is 10.1 Å². The summed E-state index contributed by atoms with van der Waals surface area (Å²) in [7, 11) is -0.202. The maximum Gasteiger partial charge on any atom is 0.269 e. The first-order valence-electron chi connectivity index (χ1n) is 6.75. The third-order valence-electron chi connectivity index (χ3n) is 3.38. The molecule has 0 radical (unpaired) electrons. The van der Waals surface area contributed by atoms with Crippen molar-refractivity contribution in [2.75, 3.05) is 19.0 Å². The van der Waals surface area contributed by atoms with E-state index in [-0.39, 0.29) is 17.0 Å². The van der Waals surface area contributed by atoms with Gasteiger partial charge in [0.15, 0.2) is 0 Å². The fraction of sp³-hybridized carbons (Fsp3) is 0.200. The number of hydrogen-bond acceptors (Lipinski definition) is 5. The summed E-state index contributed by atoms with van der Waals surface area (Å²) < 4.78 is 23.5. The Morgan fingerprint density at radius 1 is 1.17 bits per heavy atom. The van der Waals surface area contributed by atoms with E-state index >= 15 is 0 Å². The lowest BCUT2D eigenvalue weighted by atomic mass is 10.0. The maximum absolute atomic E-state index is 11.8. The van der Waals surface area contributed by atoms with Crippen LogP contribution in [0.4, 0.5) is 11.4 Å². The summed E-state index contributed by atoms with van der Waals surface area (Å²) in [5, 5.41) is 16.1. The molecule has 0 atom stereocenters. The average Bonchev–Trinajstić information content (AvgIpc) is 2.46. The van der Waals surface area contributed by atoms with Crippen LogP contribution in [0.3, 0.4) is 0 Å². The highest BCUT2D eigenvalue weighted by Crippen LogP contribution is 2.25. The van der Waals surface area contributed by atoms with Gasteiger partial charge in [0.1, 0.15) is 0 Å². The van der Waals surface area contributed by atoms with Gasteiger partial charge in [-0.2, -0.15) is 0 Å². The van der Waals surface area contributed by atoms with Crippen molar-refractivity contribution in [3.05, 3.63) is 63.7 Å². The number of sulfonamides is 1. The van der Waals surface area contributed by atoms with Gasteiger partial charge < -0.3 is 4.90 Å². The Bertz CT molecular complexity index is 848. The van der Waals surface area contributed by atoms with Crippen LogP contribution in [0.25, 0.3) is 0 Å². The molecule has 0 saturated heterocycles. The topological polar surface area (TPSA) is 107 Å². The molecule has 0 spiro atoms. The molecular weight excluding hydrogens is 318 g/mol. The zero-order valence-electron chi connectivity index (χ0n) is 12.8. The maximum atomic E-state index is 11.8. The van der Waals surface area contributed by atoms with Crippen LogP contribution >= 0.6 is 0 Å². The number of nitro benzene ring substituents is 1. The molecule has 0 unspecified atom stereocenters. The minimum atomic E-state index is -3.87. The molecule has 0 aliphatic heterocycles. The van der Waals surface area contributed by atoms with Gasteiger partial charge in [0.05, 0.1) is 9.82 Å². The molecule has 2 N–H and O–H groups in total. The Balaban J connectivity index is 2.50. The molecule has 122 valence electrons. The van der Waals surface area contributed by atoms with E-state index in [0.29, 0.717) is 11.1 Å². The Hall–Kier alpha value is -2.45. The van der Waals surface area contributed by atoms with Gasteiger partial charge in [0, 0.05) is 31.9 Å². The molecule has 2 aromatic rings. The molecular formula is C15H17N3O4S. The van der Waals surface area contributed by atoms with E-state index in [1.165, 1.54) is 18.2 Å². The van der Waals surface area contributed by atoms with Crippen molar-refractivity contribution < 1.29 is 13.3 Å². The lowest BCUT2D eigenvalue weighted by Gasteiger charge is -2.16. The molecule has 8 heteroatoms. The highest BCUT2D eigenvalue weighted by molar-refractivity contribution is 7.89. The molecule has 0 aliphatic rings. The summed E-state index contributed by atoms with van der Waals surface area (Å²) >= 11 is 0. The fourth-order valence-corrected chi connectivity index (χ4v) is 3.01. The summed E-state index contributed by atoms with van der Waals surface area (Å²) in [6.45, 7) is 0. The van der Waals surface area contributed by atoms with E-state index in [0.717, 1.165) is 5.69 Å². The first kappa shape index (κ1) is 16.9. The van der Waals surface area contributed by atoms with Gasteiger partial charge in [-0.25, -0.2) is 13.6 Å². The van der Waals surface area contributed by atoms with E-state index in [1.807, 2.05) is 19.0 Å². The Kier molecular flexibility index (Phi) is 4.67. The monoisotopic (exact) mass is 335 g/mol. The summed E-state index contributed by atoms with van der Waals surface area (Å²) in [6.07, 6.45) is 0.231. The minimum Gasteiger partial charge on any atom is -0.378 e. The molecule has 0 aromatic heterocycles. The van der Waals surface area contributed by atoms with Gasteiger partial charge >= 0.3 is 0 Å². The number of nitro groups is 1. The van der Waals surface area contributed by atoms with Gasteiger partial charge in [-0.15, -0.1) is 0 Å². The summed E-state index contributed by atoms with van der Waals surface area (Å²) in [4.78, 5) is 12.2. The first-order chi connectivity index (χ1) is 10.7. The molecule has 2 aromatic carbocycles. The van der Waals surface area contributed by atoms with Crippen molar-refractivity contribution in [2.45, 2.75) is 11.3 Å². The number of anilines is 1. The fourth-order valence-electron chi connectivity index (χ4n) is 2.26. The molecule has 0 bridgehead atoms. The highest BCUT2D eigenvalue weighted by Gasteiger charge is 2.16. The predicted molar refractivity (Wildman–Crippen MR) is 88.0 cm³/mol. The first-order valence-corrected chi connectivity index (χ1v) is 8.29. The van der Waals surface area contributed by atoms with Crippen molar-refractivity contribution in [1.29, 1.82) is 0 Å². The zero-order valence-corrected chi connectivity index (χ0v) is 13.6. The molecule has 23 heavy (non-hydrogen) atoms. The van der Waals surface area contributed by atoms with Gasteiger partial charge in [0.25, 0.3) is 5.69 Å². The van der Waals surface area contributed by atoms with Crippen LogP contribution in [-0.4, -0.2) is 27.4 Å². The predicted octanol–water partition coefficient (Wildman–Crippen LogP) is 1.90. The highest BCUT2D eigenvalue weighted by atomic mass is 32.2. The summed E-state index contributed by atoms with van der Waals surface area (Å²) in [5.74, 6) is 0. The van der Waals surface area contributed by atoms with E-state index in [1.54, 1.807) is 24.3 Å². The zero-order chi connectivity index (χ0) is 17.2. The Morgan fingerprint density at radius 3 is 2.43 bits per heavy atom. The Labute approximate surface area is 134 Å². The second-order valence-corrected chi connectivity index (χ2v) is 6.87. The van der Waals surface area contributed by atoms with Gasteiger partial charge in [-0.05, 0) is 35.7 Å². The van der Waals surface area contributed by atoms with Crippen LogP contribution < -0.4 is 10.0 Å². The largest absolute Gasteiger partial charge is 0.378 e. The number of benzene rings is 2. The van der Waals surface area contributed by atoms with E-state index in [2.05, 4.69) is 0 Å². The van der Waals surface area contributed by atoms with E-state index < -0.39 is 14.9 Å². The van der Waals surface area contributed by atoms with Crippen molar-refractivity contribution >= 4 is 21.4 Å². The Morgan fingerprint density at radius 2 is 1.87 bits per heavy atom. The number of nitrogens with zero attached hydrogens (tertiary/aromatic N) is 2. The molecule has 0 fully saturated rings. The van der Waals surface area contributed by atoms with Crippen LogP contribution in [0.2, 0.25) is 0 Å². The van der Waals surface area contributed by atoms with Crippen molar-refractivity contribution in [2.24, 2.45) is 5.14 Å². The summed E-state index contributed by atoms with van der Waals surface area (Å²) in [5.41, 5.74) is 1.92. The second-order valence-electron chi connectivity index (χ2n) is 5.34. The van der Waals surface area contributed by atoms with Crippen molar-refractivity contribution in [3.8, 4) is 0 Å². The number of non-ortho nitro benzene ring substituents is 1. The van der Waals surface area contributed by atoms with Gasteiger partial charge in [0.2, 0.25) is 10.0 Å². The van der Waals surface area contributed by atoms with E-state index in [4.69, 9.17) is 5.14 Å². The second kappa shape index (κ2) is 6.35. The molecule has 0 aliphatic carbocycles. The number of primary sulfonamides is 1. The molecule has 2 rings (SSSR count). The van der Waals surface area contributed by atoms with Crippen LogP contribution in [0.15, 0.2) is 47.4 Å². The summed E-state index contributed by atoms with van der Waals surface area (Å²) in [6, 6.07) is 10.9. The normalized spacial score (nSPS) is 11.3. The number of rotatable bonds is 5. The number of hydrogen-bond donors (Lipinski definition) is 1. The SMILES string of the molecule is CN(C)c1ccc(S(N)(=O)=O)c(Cc2cccc([N+](=O)[O-])c2)c1. The smallest absolute Gasteiger partial charge is 0.269 e. The van der Waals surface area contributed by atoms with Crippen LogP contribution in [-0.2, 0) is 16.4 Å². The lowest BCUT2D eigenvalue weighted by molar-refractivity contribution is -0.384. The molecule has 0 saturated carbocycles.